The second kappa shape index (κ2) is 9.57. The van der Waals surface area contributed by atoms with Gasteiger partial charge in [0.25, 0.3) is 5.91 Å². The van der Waals surface area contributed by atoms with E-state index in [-0.39, 0.29) is 23.8 Å². The van der Waals surface area contributed by atoms with Gasteiger partial charge in [-0.25, -0.2) is 13.8 Å². The number of para-hydroxylation sites is 1. The number of nitrogens with zero attached hydrogens (tertiary/aromatic N) is 1. The summed E-state index contributed by atoms with van der Waals surface area (Å²) >= 11 is 1.28. The summed E-state index contributed by atoms with van der Waals surface area (Å²) in [5.74, 6) is -0.367. The number of hydrogen-bond acceptors (Lipinski definition) is 5. The first-order valence-electron chi connectivity index (χ1n) is 9.60. The van der Waals surface area contributed by atoms with Crippen LogP contribution in [0, 0.1) is 11.6 Å². The number of methoxy groups -OCH3 is 1. The highest BCUT2D eigenvalue weighted by Crippen LogP contribution is 2.33. The van der Waals surface area contributed by atoms with Gasteiger partial charge in [-0.05, 0) is 42.5 Å². The molecule has 4 aromatic rings. The van der Waals surface area contributed by atoms with Crippen molar-refractivity contribution in [3.05, 3.63) is 95.0 Å². The topological polar surface area (TPSA) is 60.5 Å². The quantitative estimate of drug-likeness (QED) is 0.378. The monoisotopic (exact) mass is 452 g/mol. The summed E-state index contributed by atoms with van der Waals surface area (Å²) in [6.45, 7) is -0.144. The maximum Gasteiger partial charge on any atom is 0.275 e. The summed E-state index contributed by atoms with van der Waals surface area (Å²) in [6.07, 6.45) is 0. The molecule has 0 saturated heterocycles. The second-order valence-electron chi connectivity index (χ2n) is 6.74. The smallest absolute Gasteiger partial charge is 0.275 e. The van der Waals surface area contributed by atoms with E-state index in [2.05, 4.69) is 10.3 Å². The van der Waals surface area contributed by atoms with Crippen LogP contribution in [0.4, 0.5) is 14.5 Å². The highest BCUT2D eigenvalue weighted by atomic mass is 32.1. The standard InChI is InChI=1S/C24H18F2N2O3S/c1-30-18-6-4-5-17(12-18)27-23(29)21-14-32-24(28-21)19-7-2-3-8-22(19)31-13-15-11-16(25)9-10-20(15)26/h2-12,14H,13H2,1H3,(H,27,29). The van der Waals surface area contributed by atoms with Crippen molar-refractivity contribution < 1.29 is 23.0 Å². The molecule has 1 heterocycles. The molecule has 0 radical (unpaired) electrons. The van der Waals surface area contributed by atoms with E-state index in [0.717, 1.165) is 18.2 Å². The minimum atomic E-state index is -0.547. The van der Waals surface area contributed by atoms with Crippen molar-refractivity contribution in [2.75, 3.05) is 12.4 Å². The first-order valence-corrected chi connectivity index (χ1v) is 10.5. The molecule has 0 aliphatic heterocycles. The molecule has 0 saturated carbocycles. The molecule has 32 heavy (non-hydrogen) atoms. The van der Waals surface area contributed by atoms with Gasteiger partial charge in [0.2, 0.25) is 0 Å². The molecule has 0 aliphatic rings. The zero-order valence-electron chi connectivity index (χ0n) is 17.0. The van der Waals surface area contributed by atoms with Crippen LogP contribution in [0.25, 0.3) is 10.6 Å². The summed E-state index contributed by atoms with van der Waals surface area (Å²) in [4.78, 5) is 17.0. The lowest BCUT2D eigenvalue weighted by molar-refractivity contribution is 0.102. The van der Waals surface area contributed by atoms with Gasteiger partial charge in [0.1, 0.15) is 40.4 Å². The molecular weight excluding hydrogens is 434 g/mol. The van der Waals surface area contributed by atoms with Crippen molar-refractivity contribution in [3.63, 3.8) is 0 Å². The lowest BCUT2D eigenvalue weighted by Crippen LogP contribution is -2.12. The largest absolute Gasteiger partial charge is 0.497 e. The van der Waals surface area contributed by atoms with E-state index < -0.39 is 11.6 Å². The SMILES string of the molecule is COc1cccc(NC(=O)c2csc(-c3ccccc3OCc3cc(F)ccc3F)n2)c1. The van der Waals surface area contributed by atoms with Crippen LogP contribution >= 0.6 is 11.3 Å². The van der Waals surface area contributed by atoms with Crippen molar-refractivity contribution >= 4 is 22.9 Å². The number of rotatable bonds is 7. The summed E-state index contributed by atoms with van der Waals surface area (Å²) in [6, 6.07) is 17.3. The zero-order chi connectivity index (χ0) is 22.5. The molecule has 4 rings (SSSR count). The molecular formula is C24H18F2N2O3S. The van der Waals surface area contributed by atoms with E-state index in [1.165, 1.54) is 11.3 Å². The van der Waals surface area contributed by atoms with E-state index in [9.17, 15) is 13.6 Å². The number of nitrogens with one attached hydrogen (secondary N) is 1. The summed E-state index contributed by atoms with van der Waals surface area (Å²) in [5, 5.41) is 5.00. The Morgan fingerprint density at radius 3 is 2.75 bits per heavy atom. The number of halogens is 2. The molecule has 0 fully saturated rings. The van der Waals surface area contributed by atoms with Crippen molar-refractivity contribution in [1.82, 2.24) is 4.98 Å². The van der Waals surface area contributed by atoms with Crippen molar-refractivity contribution in [3.8, 4) is 22.1 Å². The van der Waals surface area contributed by atoms with Crippen LogP contribution in [0.15, 0.2) is 72.1 Å². The number of amides is 1. The highest BCUT2D eigenvalue weighted by Gasteiger charge is 2.16. The highest BCUT2D eigenvalue weighted by molar-refractivity contribution is 7.13. The number of hydrogen-bond donors (Lipinski definition) is 1. The third-order valence-electron chi connectivity index (χ3n) is 4.57. The maximum absolute atomic E-state index is 13.9. The Morgan fingerprint density at radius 2 is 1.91 bits per heavy atom. The number of thiazole rings is 1. The Kier molecular flexibility index (Phi) is 6.42. The molecule has 1 amide bonds. The molecule has 1 aromatic heterocycles. The van der Waals surface area contributed by atoms with Gasteiger partial charge >= 0.3 is 0 Å². The Morgan fingerprint density at radius 1 is 1.06 bits per heavy atom. The molecule has 5 nitrogen and oxygen atoms in total. The van der Waals surface area contributed by atoms with Gasteiger partial charge in [0.05, 0.1) is 12.7 Å². The fraction of sp³-hybridized carbons (Fsp3) is 0.0833. The summed E-state index contributed by atoms with van der Waals surface area (Å²) in [5.41, 5.74) is 1.59. The summed E-state index contributed by atoms with van der Waals surface area (Å²) < 4.78 is 38.2. The van der Waals surface area contributed by atoms with Crippen LogP contribution in [0.2, 0.25) is 0 Å². The second-order valence-corrected chi connectivity index (χ2v) is 7.60. The van der Waals surface area contributed by atoms with Crippen LogP contribution in [0.5, 0.6) is 11.5 Å². The van der Waals surface area contributed by atoms with Crippen molar-refractivity contribution in [2.45, 2.75) is 6.61 Å². The van der Waals surface area contributed by atoms with E-state index in [4.69, 9.17) is 9.47 Å². The molecule has 162 valence electrons. The predicted octanol–water partition coefficient (Wildman–Crippen LogP) is 5.93. The fourth-order valence-electron chi connectivity index (χ4n) is 2.98. The van der Waals surface area contributed by atoms with Gasteiger partial charge in [-0.2, -0.15) is 0 Å². The number of benzene rings is 3. The predicted molar refractivity (Wildman–Crippen MR) is 119 cm³/mol. The lowest BCUT2D eigenvalue weighted by atomic mass is 10.2. The van der Waals surface area contributed by atoms with E-state index in [1.807, 2.05) is 6.07 Å². The van der Waals surface area contributed by atoms with Crippen LogP contribution in [0.1, 0.15) is 16.1 Å². The molecule has 1 N–H and O–H groups in total. The van der Waals surface area contributed by atoms with E-state index >= 15 is 0 Å². The Bertz CT molecular complexity index is 1260. The first kappa shape index (κ1) is 21.5. The minimum absolute atomic E-state index is 0.109. The van der Waals surface area contributed by atoms with Crippen LogP contribution in [0.3, 0.4) is 0 Å². The van der Waals surface area contributed by atoms with Gasteiger partial charge in [-0.15, -0.1) is 11.3 Å². The Labute approximate surface area is 187 Å². The van der Waals surface area contributed by atoms with Crippen LogP contribution < -0.4 is 14.8 Å². The number of ether oxygens (including phenoxy) is 2. The molecule has 3 aromatic carbocycles. The third-order valence-corrected chi connectivity index (χ3v) is 5.45. The average Bonchev–Trinajstić information content (AvgIpc) is 3.30. The van der Waals surface area contributed by atoms with Gasteiger partial charge in [0.15, 0.2) is 0 Å². The van der Waals surface area contributed by atoms with Gasteiger partial charge in [-0.1, -0.05) is 18.2 Å². The lowest BCUT2D eigenvalue weighted by Gasteiger charge is -2.10. The maximum atomic E-state index is 13.9. The third kappa shape index (κ3) is 4.92. The molecule has 8 heteroatoms. The molecule has 0 spiro atoms. The minimum Gasteiger partial charge on any atom is -0.497 e. The van der Waals surface area contributed by atoms with Crippen LogP contribution in [-0.2, 0) is 6.61 Å². The number of carbonyl (C=O) groups excluding carboxylic acids is 1. The van der Waals surface area contributed by atoms with Gasteiger partial charge in [-0.3, -0.25) is 4.79 Å². The van der Waals surface area contributed by atoms with Gasteiger partial charge in [0, 0.05) is 22.7 Å². The Balaban J connectivity index is 1.51. The number of carbonyl (C=O) groups is 1. The first-order chi connectivity index (χ1) is 15.5. The molecule has 0 aliphatic carbocycles. The van der Waals surface area contributed by atoms with Crippen molar-refractivity contribution in [2.24, 2.45) is 0 Å². The van der Waals surface area contributed by atoms with Crippen molar-refractivity contribution in [1.29, 1.82) is 0 Å². The molecule has 0 bridgehead atoms. The zero-order valence-corrected chi connectivity index (χ0v) is 17.8. The number of aromatic nitrogens is 1. The average molecular weight is 452 g/mol. The van der Waals surface area contributed by atoms with E-state index in [1.54, 1.807) is 55.0 Å². The van der Waals surface area contributed by atoms with Crippen LogP contribution in [-0.4, -0.2) is 18.0 Å². The molecule has 0 atom stereocenters. The normalized spacial score (nSPS) is 10.6. The molecule has 0 unspecified atom stereocenters. The van der Waals surface area contributed by atoms with E-state index in [0.29, 0.717) is 27.8 Å². The number of anilines is 1. The summed E-state index contributed by atoms with van der Waals surface area (Å²) in [7, 11) is 1.55. The fourth-order valence-corrected chi connectivity index (χ4v) is 3.81. The van der Waals surface area contributed by atoms with Gasteiger partial charge < -0.3 is 14.8 Å². The Hall–Kier alpha value is -3.78.